The van der Waals surface area contributed by atoms with Gasteiger partial charge in [0, 0.05) is 23.6 Å². The first-order chi connectivity index (χ1) is 12.9. The van der Waals surface area contributed by atoms with Crippen LogP contribution in [0.2, 0.25) is 0 Å². The highest BCUT2D eigenvalue weighted by Gasteiger charge is 2.35. The van der Waals surface area contributed by atoms with Gasteiger partial charge in [0.05, 0.1) is 6.20 Å². The lowest BCUT2D eigenvalue weighted by Crippen LogP contribution is -2.39. The molecule has 3 heterocycles. The molecule has 5 rings (SSSR count). The highest BCUT2D eigenvalue weighted by molar-refractivity contribution is 6.02. The van der Waals surface area contributed by atoms with E-state index < -0.39 is 0 Å². The summed E-state index contributed by atoms with van der Waals surface area (Å²) in [5.41, 5.74) is 3.23. The quantitative estimate of drug-likeness (QED) is 0.668. The zero-order valence-electron chi connectivity index (χ0n) is 14.1. The smallest absolute Gasteiger partial charge is 0.295 e. The fourth-order valence-corrected chi connectivity index (χ4v) is 3.43. The second kappa shape index (κ2) is 6.08. The van der Waals surface area contributed by atoms with E-state index in [2.05, 4.69) is 51.0 Å². The molecule has 26 heavy (non-hydrogen) atoms. The lowest BCUT2D eigenvalue weighted by molar-refractivity contribution is -0.678. The van der Waals surface area contributed by atoms with Crippen molar-refractivity contribution < 1.29 is 4.57 Å². The van der Waals surface area contributed by atoms with Gasteiger partial charge in [-0.3, -0.25) is 4.90 Å². The van der Waals surface area contributed by atoms with Gasteiger partial charge < -0.3 is 0 Å². The van der Waals surface area contributed by atoms with E-state index in [0.29, 0.717) is 0 Å². The van der Waals surface area contributed by atoms with Gasteiger partial charge >= 0.3 is 5.82 Å². The van der Waals surface area contributed by atoms with Gasteiger partial charge in [0.15, 0.2) is 6.04 Å². The van der Waals surface area contributed by atoms with E-state index in [1.165, 1.54) is 0 Å². The van der Waals surface area contributed by atoms with Crippen molar-refractivity contribution in [1.29, 1.82) is 0 Å². The molecule has 0 saturated heterocycles. The summed E-state index contributed by atoms with van der Waals surface area (Å²) in [6.45, 7) is 0. The fraction of sp³-hybridized carbons (Fsp3) is 0.0455. The van der Waals surface area contributed by atoms with Crippen molar-refractivity contribution >= 4 is 23.0 Å². The van der Waals surface area contributed by atoms with Crippen LogP contribution in [0.4, 0.5) is 17.3 Å². The van der Waals surface area contributed by atoms with Gasteiger partial charge in [0.2, 0.25) is 5.71 Å². The zero-order valence-corrected chi connectivity index (χ0v) is 14.1. The number of aromatic nitrogens is 2. The second-order valence-corrected chi connectivity index (χ2v) is 6.23. The van der Waals surface area contributed by atoms with Gasteiger partial charge in [-0.25, -0.2) is 9.55 Å². The second-order valence-electron chi connectivity index (χ2n) is 6.23. The summed E-state index contributed by atoms with van der Waals surface area (Å²) in [6.07, 6.45) is 10.4. The Morgan fingerprint density at radius 1 is 0.846 bits per heavy atom. The van der Waals surface area contributed by atoms with Crippen LogP contribution in [0.3, 0.4) is 0 Å². The van der Waals surface area contributed by atoms with Gasteiger partial charge in [0.25, 0.3) is 0 Å². The first-order valence-electron chi connectivity index (χ1n) is 8.65. The topological polar surface area (TPSA) is 32.4 Å². The molecule has 2 aromatic heterocycles. The van der Waals surface area contributed by atoms with Crippen LogP contribution in [0.5, 0.6) is 0 Å². The molecule has 0 bridgehead atoms. The largest absolute Gasteiger partial charge is 0.324 e. The van der Waals surface area contributed by atoms with E-state index in [9.17, 15) is 0 Å². The van der Waals surface area contributed by atoms with Crippen molar-refractivity contribution in [2.24, 2.45) is 4.99 Å². The van der Waals surface area contributed by atoms with Crippen molar-refractivity contribution in [3.63, 3.8) is 0 Å². The van der Waals surface area contributed by atoms with Crippen molar-refractivity contribution in [2.75, 3.05) is 4.90 Å². The molecule has 0 amide bonds. The third-order valence-corrected chi connectivity index (χ3v) is 4.62. The predicted molar refractivity (Wildman–Crippen MR) is 103 cm³/mol. The molecule has 4 heteroatoms. The number of allylic oxidation sites excluding steroid dienone is 3. The molecular weight excluding hydrogens is 320 g/mol. The van der Waals surface area contributed by atoms with Crippen LogP contribution < -0.4 is 9.47 Å². The van der Waals surface area contributed by atoms with Gasteiger partial charge in [-0.2, -0.15) is 0 Å². The minimum absolute atomic E-state index is 0.112. The Kier molecular flexibility index (Phi) is 3.46. The Balaban J connectivity index is 1.62. The lowest BCUT2D eigenvalue weighted by Gasteiger charge is -2.26. The van der Waals surface area contributed by atoms with E-state index in [1.54, 1.807) is 0 Å². The van der Waals surface area contributed by atoms with Gasteiger partial charge in [0.1, 0.15) is 5.82 Å². The summed E-state index contributed by atoms with van der Waals surface area (Å²) in [7, 11) is 0. The Labute approximate surface area is 152 Å². The number of anilines is 2. The first-order valence-corrected chi connectivity index (χ1v) is 8.65. The summed E-state index contributed by atoms with van der Waals surface area (Å²) in [5.74, 6) is 1.88. The van der Waals surface area contributed by atoms with Crippen LogP contribution in [-0.2, 0) is 0 Å². The van der Waals surface area contributed by atoms with Gasteiger partial charge in [-0.05, 0) is 53.6 Å². The monoisotopic (exact) mass is 337 g/mol. The summed E-state index contributed by atoms with van der Waals surface area (Å²) in [4.78, 5) is 11.5. The molecule has 1 aromatic carbocycles. The molecule has 0 fully saturated rings. The van der Waals surface area contributed by atoms with Crippen molar-refractivity contribution in [2.45, 2.75) is 6.04 Å². The van der Waals surface area contributed by atoms with Crippen molar-refractivity contribution in [3.05, 3.63) is 103 Å². The standard InChI is InChI=1S/C22H17N4/c1-2-8-17(9-3-1)26(21-10-4-6-14-23-21)18-12-13-19-20(16-18)25-15-7-5-11-22(25)24-19/h1-16,20H/q+1. The Morgan fingerprint density at radius 2 is 1.69 bits per heavy atom. The number of nitrogens with zero attached hydrogens (tertiary/aromatic N) is 4. The molecule has 0 N–H and O–H groups in total. The Hall–Kier alpha value is -3.53. The van der Waals surface area contributed by atoms with Crippen LogP contribution >= 0.6 is 0 Å². The predicted octanol–water partition coefficient (Wildman–Crippen LogP) is 4.29. The maximum Gasteiger partial charge on any atom is 0.324 e. The molecule has 2 aliphatic rings. The third kappa shape index (κ3) is 2.43. The molecule has 1 aliphatic carbocycles. The van der Waals surface area contributed by atoms with Crippen LogP contribution in [0, 0.1) is 0 Å². The molecule has 0 spiro atoms. The number of hydrogen-bond acceptors (Lipinski definition) is 3. The first kappa shape index (κ1) is 14.8. The molecule has 1 unspecified atom stereocenters. The van der Waals surface area contributed by atoms with E-state index in [-0.39, 0.29) is 6.04 Å². The SMILES string of the molecule is C1=CC2=Nc3cccc[n+]3C2C=C1N(c1ccccc1)c1ccccn1. The summed E-state index contributed by atoms with van der Waals surface area (Å²) >= 11 is 0. The molecule has 1 atom stereocenters. The van der Waals surface area contributed by atoms with Gasteiger partial charge in [-0.15, -0.1) is 0 Å². The minimum Gasteiger partial charge on any atom is -0.295 e. The normalized spacial score (nSPS) is 17.2. The highest BCUT2D eigenvalue weighted by Crippen LogP contribution is 2.33. The number of fused-ring (bicyclic) bond motifs is 3. The minimum atomic E-state index is 0.112. The molecule has 3 aromatic rings. The number of aliphatic imine (C=N–C) groups is 1. The van der Waals surface area contributed by atoms with E-state index in [1.807, 2.05) is 60.8 Å². The van der Waals surface area contributed by atoms with Crippen LogP contribution in [0.1, 0.15) is 6.04 Å². The van der Waals surface area contributed by atoms with E-state index in [4.69, 9.17) is 4.99 Å². The van der Waals surface area contributed by atoms with E-state index in [0.717, 1.165) is 28.7 Å². The molecular formula is C22H17N4+. The average molecular weight is 337 g/mol. The summed E-state index contributed by atoms with van der Waals surface area (Å²) in [5, 5.41) is 0. The number of para-hydroxylation sites is 1. The molecule has 0 radical (unpaired) electrons. The van der Waals surface area contributed by atoms with Crippen molar-refractivity contribution in [3.8, 4) is 0 Å². The maximum absolute atomic E-state index is 4.73. The average Bonchev–Trinajstić information content (AvgIpc) is 3.08. The zero-order chi connectivity index (χ0) is 17.3. The van der Waals surface area contributed by atoms with Crippen LogP contribution in [-0.4, -0.2) is 10.7 Å². The molecule has 4 nitrogen and oxygen atoms in total. The Bertz CT molecular complexity index is 997. The fourth-order valence-electron chi connectivity index (χ4n) is 3.43. The number of hydrogen-bond donors (Lipinski definition) is 0. The molecule has 124 valence electrons. The lowest BCUT2D eigenvalue weighted by atomic mass is 10.0. The number of rotatable bonds is 3. The van der Waals surface area contributed by atoms with Crippen molar-refractivity contribution in [1.82, 2.24) is 4.98 Å². The molecule has 0 saturated carbocycles. The van der Waals surface area contributed by atoms with Gasteiger partial charge in [-0.1, -0.05) is 30.3 Å². The Morgan fingerprint density at radius 3 is 2.54 bits per heavy atom. The highest BCUT2D eigenvalue weighted by atomic mass is 15.2. The number of benzene rings is 1. The molecule has 1 aliphatic heterocycles. The van der Waals surface area contributed by atoms with Crippen LogP contribution in [0.15, 0.2) is 108 Å². The third-order valence-electron chi connectivity index (χ3n) is 4.62. The van der Waals surface area contributed by atoms with Crippen LogP contribution in [0.25, 0.3) is 0 Å². The number of pyridine rings is 2. The maximum atomic E-state index is 4.73. The summed E-state index contributed by atoms with van der Waals surface area (Å²) in [6, 6.07) is 22.5. The van der Waals surface area contributed by atoms with E-state index >= 15 is 0 Å². The summed E-state index contributed by atoms with van der Waals surface area (Å²) < 4.78 is 2.19.